The average molecular weight is 368 g/mol. The van der Waals surface area contributed by atoms with Gasteiger partial charge in [-0.1, -0.05) is 11.6 Å². The molecular formula is C16H11ClFNO4S. The molecule has 0 heterocycles. The summed E-state index contributed by atoms with van der Waals surface area (Å²) in [6, 6.07) is 8.35. The number of hydrogen-bond donors (Lipinski definition) is 1. The Balaban J connectivity index is 2.56. The first-order valence-corrected chi connectivity index (χ1v) is 8.34. The molecule has 0 amide bonds. The minimum Gasteiger partial charge on any atom is -0.503 e. The Morgan fingerprint density at radius 2 is 1.96 bits per heavy atom. The Labute approximate surface area is 143 Å². The minimum absolute atomic E-state index is 0.0326. The van der Waals surface area contributed by atoms with Crippen molar-refractivity contribution in [2.45, 2.75) is 4.90 Å². The summed E-state index contributed by atoms with van der Waals surface area (Å²) >= 11 is 5.84. The van der Waals surface area contributed by atoms with Gasteiger partial charge in [-0.2, -0.15) is 5.26 Å². The summed E-state index contributed by atoms with van der Waals surface area (Å²) in [6.45, 7) is 0. The van der Waals surface area contributed by atoms with Crippen molar-refractivity contribution >= 4 is 27.5 Å². The monoisotopic (exact) mass is 367 g/mol. The average Bonchev–Trinajstić information content (AvgIpc) is 2.55. The van der Waals surface area contributed by atoms with Gasteiger partial charge in [0.05, 0.1) is 17.0 Å². The third kappa shape index (κ3) is 3.50. The quantitative estimate of drug-likeness (QED) is 0.659. The predicted octanol–water partition coefficient (Wildman–Crippen LogP) is 3.53. The normalized spacial score (nSPS) is 11.8. The molecule has 0 saturated heterocycles. The fraction of sp³-hybridized carbons (Fsp3) is 0.0625. The van der Waals surface area contributed by atoms with Gasteiger partial charge in [-0.25, -0.2) is 12.8 Å². The number of hydrogen-bond acceptors (Lipinski definition) is 5. The number of halogens is 2. The van der Waals surface area contributed by atoms with E-state index in [0.717, 1.165) is 30.3 Å². The molecule has 2 aromatic rings. The Kier molecular flexibility index (Phi) is 5.12. The van der Waals surface area contributed by atoms with Crippen LogP contribution in [-0.4, -0.2) is 20.6 Å². The zero-order valence-corrected chi connectivity index (χ0v) is 13.9. The highest BCUT2D eigenvalue weighted by Crippen LogP contribution is 2.36. The van der Waals surface area contributed by atoms with Crippen molar-refractivity contribution < 1.29 is 22.7 Å². The highest BCUT2D eigenvalue weighted by atomic mass is 35.5. The van der Waals surface area contributed by atoms with E-state index < -0.39 is 20.6 Å². The second-order valence-corrected chi connectivity index (χ2v) is 6.96. The smallest absolute Gasteiger partial charge is 0.216 e. The molecule has 5 nitrogen and oxygen atoms in total. The summed E-state index contributed by atoms with van der Waals surface area (Å²) in [5.74, 6) is -0.854. The van der Waals surface area contributed by atoms with Crippen LogP contribution in [0.2, 0.25) is 5.02 Å². The predicted molar refractivity (Wildman–Crippen MR) is 86.8 cm³/mol. The number of benzene rings is 2. The van der Waals surface area contributed by atoms with Gasteiger partial charge in [-0.3, -0.25) is 0 Å². The lowest BCUT2D eigenvalue weighted by Crippen LogP contribution is -2.03. The zero-order valence-electron chi connectivity index (χ0n) is 12.3. The van der Waals surface area contributed by atoms with Crippen molar-refractivity contribution in [1.82, 2.24) is 0 Å². The number of nitrogens with zero attached hydrogens (tertiary/aromatic N) is 1. The lowest BCUT2D eigenvalue weighted by atomic mass is 10.2. The molecule has 0 aliphatic rings. The number of rotatable bonds is 4. The molecule has 0 atom stereocenters. The Bertz CT molecular complexity index is 947. The van der Waals surface area contributed by atoms with Gasteiger partial charge in [0.25, 0.3) is 0 Å². The van der Waals surface area contributed by atoms with Gasteiger partial charge in [-0.15, -0.1) is 0 Å². The van der Waals surface area contributed by atoms with E-state index in [1.807, 2.05) is 0 Å². The maximum Gasteiger partial charge on any atom is 0.216 e. The van der Waals surface area contributed by atoms with Crippen molar-refractivity contribution in [3.63, 3.8) is 0 Å². The summed E-state index contributed by atoms with van der Waals surface area (Å²) in [4.78, 5) is -0.772. The Morgan fingerprint density at radius 1 is 1.33 bits per heavy atom. The number of phenols is 1. The molecule has 0 aliphatic carbocycles. The molecule has 0 aromatic heterocycles. The molecule has 0 aliphatic heterocycles. The second kappa shape index (κ2) is 6.91. The fourth-order valence-corrected chi connectivity index (χ4v) is 3.27. The van der Waals surface area contributed by atoms with Crippen LogP contribution in [0, 0.1) is 17.1 Å². The third-order valence-electron chi connectivity index (χ3n) is 3.09. The maximum atomic E-state index is 12.9. The van der Waals surface area contributed by atoms with Crippen LogP contribution in [0.25, 0.3) is 6.08 Å². The number of aromatic hydroxyl groups is 1. The van der Waals surface area contributed by atoms with E-state index in [4.69, 9.17) is 16.3 Å². The van der Waals surface area contributed by atoms with Crippen LogP contribution in [0.5, 0.6) is 11.5 Å². The molecule has 24 heavy (non-hydrogen) atoms. The van der Waals surface area contributed by atoms with E-state index in [1.54, 1.807) is 6.07 Å². The molecule has 0 fully saturated rings. The van der Waals surface area contributed by atoms with Crippen LogP contribution in [0.4, 0.5) is 4.39 Å². The van der Waals surface area contributed by atoms with Crippen molar-refractivity contribution in [2.75, 3.05) is 7.11 Å². The molecule has 0 spiro atoms. The topological polar surface area (TPSA) is 87.4 Å². The SMILES string of the molecule is COc1cc(/C=C(\C#N)S(=O)(=O)c2ccc(F)cc2)cc(Cl)c1O. The van der Waals surface area contributed by atoms with Crippen LogP contribution in [0.3, 0.4) is 0 Å². The van der Waals surface area contributed by atoms with Crippen molar-refractivity contribution in [2.24, 2.45) is 0 Å². The lowest BCUT2D eigenvalue weighted by molar-refractivity contribution is 0.373. The van der Waals surface area contributed by atoms with E-state index in [1.165, 1.54) is 19.2 Å². The number of sulfone groups is 1. The van der Waals surface area contributed by atoms with Crippen molar-refractivity contribution in [1.29, 1.82) is 5.26 Å². The van der Waals surface area contributed by atoms with Gasteiger partial charge in [0.2, 0.25) is 9.84 Å². The van der Waals surface area contributed by atoms with Crippen LogP contribution >= 0.6 is 11.6 Å². The van der Waals surface area contributed by atoms with Gasteiger partial charge in [-0.05, 0) is 48.0 Å². The second-order valence-electron chi connectivity index (χ2n) is 4.63. The molecule has 2 aromatic carbocycles. The van der Waals surface area contributed by atoms with Crippen LogP contribution in [0.15, 0.2) is 46.2 Å². The van der Waals surface area contributed by atoms with Gasteiger partial charge in [0, 0.05) is 0 Å². The summed E-state index contributed by atoms with van der Waals surface area (Å²) in [5, 5.41) is 18.8. The number of ether oxygens (including phenoxy) is 1. The number of methoxy groups -OCH3 is 1. The van der Waals surface area contributed by atoms with Crippen LogP contribution < -0.4 is 4.74 Å². The highest BCUT2D eigenvalue weighted by Gasteiger charge is 2.21. The summed E-state index contributed by atoms with van der Waals surface area (Å²) in [7, 11) is -2.82. The molecule has 8 heteroatoms. The van der Waals surface area contributed by atoms with Gasteiger partial charge in [0.15, 0.2) is 11.5 Å². The maximum absolute atomic E-state index is 12.9. The van der Waals surface area contributed by atoms with E-state index in [-0.39, 0.29) is 27.0 Å². The molecule has 0 radical (unpaired) electrons. The minimum atomic E-state index is -4.12. The summed E-state index contributed by atoms with van der Waals surface area (Å²) in [6.07, 6.45) is 1.09. The molecule has 0 saturated carbocycles. The Hall–Kier alpha value is -2.56. The van der Waals surface area contributed by atoms with E-state index in [2.05, 4.69) is 0 Å². The Morgan fingerprint density at radius 3 is 2.50 bits per heavy atom. The molecule has 1 N–H and O–H groups in total. The molecule has 124 valence electrons. The third-order valence-corrected chi connectivity index (χ3v) is 5.06. The summed E-state index contributed by atoms with van der Waals surface area (Å²) in [5.41, 5.74) is 0.247. The standard InChI is InChI=1S/C16H11ClFNO4S/c1-23-15-8-10(7-14(17)16(15)20)6-13(9-19)24(21,22)12-4-2-11(18)3-5-12/h2-8,20H,1H3/b13-6+. The molecular weight excluding hydrogens is 357 g/mol. The van der Waals surface area contributed by atoms with Crippen LogP contribution in [-0.2, 0) is 9.84 Å². The fourth-order valence-electron chi connectivity index (χ4n) is 1.89. The lowest BCUT2D eigenvalue weighted by Gasteiger charge is -2.07. The van der Waals surface area contributed by atoms with E-state index >= 15 is 0 Å². The number of nitriles is 1. The first-order chi connectivity index (χ1) is 11.3. The molecule has 0 bridgehead atoms. The number of phenolic OH excluding ortho intramolecular Hbond substituents is 1. The van der Waals surface area contributed by atoms with Crippen molar-refractivity contribution in [3.8, 4) is 17.6 Å². The van der Waals surface area contributed by atoms with Crippen molar-refractivity contribution in [3.05, 3.63) is 57.7 Å². The highest BCUT2D eigenvalue weighted by molar-refractivity contribution is 7.95. The van der Waals surface area contributed by atoms with Gasteiger partial charge in [0.1, 0.15) is 16.8 Å². The largest absolute Gasteiger partial charge is 0.503 e. The molecule has 0 unspecified atom stereocenters. The van der Waals surface area contributed by atoms with Gasteiger partial charge >= 0.3 is 0 Å². The van der Waals surface area contributed by atoms with E-state index in [0.29, 0.717) is 0 Å². The summed E-state index contributed by atoms with van der Waals surface area (Å²) < 4.78 is 42.8. The number of allylic oxidation sites excluding steroid dienone is 1. The van der Waals surface area contributed by atoms with Gasteiger partial charge < -0.3 is 9.84 Å². The first kappa shape index (κ1) is 17.8. The van der Waals surface area contributed by atoms with Crippen LogP contribution in [0.1, 0.15) is 5.56 Å². The first-order valence-electron chi connectivity index (χ1n) is 6.48. The molecule has 2 rings (SSSR count). The van der Waals surface area contributed by atoms with E-state index in [9.17, 15) is 23.2 Å². The zero-order chi connectivity index (χ0) is 17.9.